The molecule has 0 spiro atoms. The highest BCUT2D eigenvalue weighted by Crippen LogP contribution is 2.24. The number of nitrogens with zero attached hydrogens (tertiary/aromatic N) is 2. The first-order chi connectivity index (χ1) is 8.31. The second-order valence-electron chi connectivity index (χ2n) is 3.95. The van der Waals surface area contributed by atoms with Crippen LogP contribution < -0.4 is 0 Å². The van der Waals surface area contributed by atoms with Crippen molar-refractivity contribution < 1.29 is 0 Å². The molecular weight excluding hydrogens is 208 g/mol. The van der Waals surface area contributed by atoms with E-state index < -0.39 is 0 Å². The molecule has 0 aliphatic heterocycles. The molecular formula is C15H16N2. The van der Waals surface area contributed by atoms with Crippen molar-refractivity contribution in [1.82, 2.24) is 0 Å². The SMILES string of the molecule is CCc1cccc(N=Nc2ccccc2)c1C. The van der Waals surface area contributed by atoms with E-state index in [1.165, 1.54) is 11.1 Å². The molecule has 0 amide bonds. The van der Waals surface area contributed by atoms with Crippen molar-refractivity contribution in [3.63, 3.8) is 0 Å². The average Bonchev–Trinajstić information content (AvgIpc) is 2.39. The second-order valence-corrected chi connectivity index (χ2v) is 3.95. The number of benzene rings is 2. The lowest BCUT2D eigenvalue weighted by Gasteiger charge is -2.04. The van der Waals surface area contributed by atoms with Gasteiger partial charge in [-0.1, -0.05) is 37.3 Å². The van der Waals surface area contributed by atoms with Crippen LogP contribution >= 0.6 is 0 Å². The summed E-state index contributed by atoms with van der Waals surface area (Å²) in [6.45, 7) is 4.25. The van der Waals surface area contributed by atoms with Gasteiger partial charge in [0.2, 0.25) is 0 Å². The zero-order chi connectivity index (χ0) is 12.1. The monoisotopic (exact) mass is 224 g/mol. The van der Waals surface area contributed by atoms with Gasteiger partial charge >= 0.3 is 0 Å². The first kappa shape index (κ1) is 11.5. The van der Waals surface area contributed by atoms with E-state index in [0.29, 0.717) is 0 Å². The Morgan fingerprint density at radius 1 is 0.882 bits per heavy atom. The molecule has 0 radical (unpaired) electrons. The molecule has 2 heteroatoms. The average molecular weight is 224 g/mol. The van der Waals surface area contributed by atoms with Gasteiger partial charge in [0.25, 0.3) is 0 Å². The fourth-order valence-electron chi connectivity index (χ4n) is 1.77. The van der Waals surface area contributed by atoms with Gasteiger partial charge in [-0.05, 0) is 42.7 Å². The molecule has 2 nitrogen and oxygen atoms in total. The number of rotatable bonds is 3. The van der Waals surface area contributed by atoms with E-state index in [1.807, 2.05) is 42.5 Å². The Morgan fingerprint density at radius 2 is 1.65 bits per heavy atom. The quantitative estimate of drug-likeness (QED) is 0.657. The zero-order valence-corrected chi connectivity index (χ0v) is 10.2. The van der Waals surface area contributed by atoms with Gasteiger partial charge in [0.1, 0.15) is 0 Å². The van der Waals surface area contributed by atoms with Crippen LogP contribution in [0.2, 0.25) is 0 Å². The van der Waals surface area contributed by atoms with E-state index in [1.54, 1.807) is 0 Å². The summed E-state index contributed by atoms with van der Waals surface area (Å²) in [5, 5.41) is 8.55. The third-order valence-electron chi connectivity index (χ3n) is 2.83. The van der Waals surface area contributed by atoms with Crippen molar-refractivity contribution in [2.24, 2.45) is 10.2 Å². The molecule has 2 aromatic carbocycles. The van der Waals surface area contributed by atoms with E-state index in [-0.39, 0.29) is 0 Å². The molecule has 17 heavy (non-hydrogen) atoms. The van der Waals surface area contributed by atoms with Crippen molar-refractivity contribution in [3.8, 4) is 0 Å². The van der Waals surface area contributed by atoms with Crippen LogP contribution in [0.15, 0.2) is 58.8 Å². The third-order valence-corrected chi connectivity index (χ3v) is 2.83. The van der Waals surface area contributed by atoms with Crippen LogP contribution in [-0.2, 0) is 6.42 Å². The van der Waals surface area contributed by atoms with Crippen LogP contribution in [0.25, 0.3) is 0 Å². The van der Waals surface area contributed by atoms with Gasteiger partial charge in [-0.25, -0.2) is 0 Å². The standard InChI is InChI=1S/C15H16N2/c1-3-13-8-7-11-15(12(13)2)17-16-14-9-5-4-6-10-14/h4-11H,3H2,1-2H3. The minimum atomic E-state index is 0.883. The zero-order valence-electron chi connectivity index (χ0n) is 10.2. The fourth-order valence-corrected chi connectivity index (χ4v) is 1.77. The van der Waals surface area contributed by atoms with E-state index in [9.17, 15) is 0 Å². The van der Waals surface area contributed by atoms with Crippen molar-refractivity contribution >= 4 is 11.4 Å². The molecule has 0 heterocycles. The van der Waals surface area contributed by atoms with E-state index in [0.717, 1.165) is 17.8 Å². The molecule has 0 bridgehead atoms. The Labute approximate surface area is 102 Å². The lowest BCUT2D eigenvalue weighted by atomic mass is 10.1. The van der Waals surface area contributed by atoms with Crippen LogP contribution in [-0.4, -0.2) is 0 Å². The smallest absolute Gasteiger partial charge is 0.0888 e. The van der Waals surface area contributed by atoms with Crippen LogP contribution in [0.5, 0.6) is 0 Å². The number of hydrogen-bond donors (Lipinski definition) is 0. The second kappa shape index (κ2) is 5.39. The lowest BCUT2D eigenvalue weighted by molar-refractivity contribution is 1.09. The van der Waals surface area contributed by atoms with Crippen molar-refractivity contribution in [1.29, 1.82) is 0 Å². The van der Waals surface area contributed by atoms with Crippen molar-refractivity contribution in [2.75, 3.05) is 0 Å². The number of aryl methyl sites for hydroxylation is 1. The highest BCUT2D eigenvalue weighted by atomic mass is 15.1. The molecule has 86 valence electrons. The Balaban J connectivity index is 2.28. The maximum atomic E-state index is 4.31. The molecule has 0 unspecified atom stereocenters. The van der Waals surface area contributed by atoms with Gasteiger partial charge in [-0.3, -0.25) is 0 Å². The van der Waals surface area contributed by atoms with Crippen LogP contribution in [0.1, 0.15) is 18.1 Å². The third kappa shape index (κ3) is 2.78. The predicted molar refractivity (Wildman–Crippen MR) is 71.2 cm³/mol. The molecule has 0 saturated heterocycles. The molecule has 0 aromatic heterocycles. The normalized spacial score (nSPS) is 10.9. The summed E-state index contributed by atoms with van der Waals surface area (Å²) in [7, 11) is 0. The maximum absolute atomic E-state index is 4.31. The molecule has 0 N–H and O–H groups in total. The van der Waals surface area contributed by atoms with Gasteiger partial charge in [0, 0.05) is 0 Å². The Hall–Kier alpha value is -1.96. The van der Waals surface area contributed by atoms with E-state index in [4.69, 9.17) is 0 Å². The van der Waals surface area contributed by atoms with Crippen LogP contribution in [0, 0.1) is 6.92 Å². The highest BCUT2D eigenvalue weighted by Gasteiger charge is 2.00. The Kier molecular flexibility index (Phi) is 3.66. The molecule has 2 aromatic rings. The van der Waals surface area contributed by atoms with E-state index in [2.05, 4.69) is 30.1 Å². The Bertz CT molecular complexity index is 516. The first-order valence-corrected chi connectivity index (χ1v) is 5.86. The fraction of sp³-hybridized carbons (Fsp3) is 0.200. The summed E-state index contributed by atoms with van der Waals surface area (Å²) in [5.74, 6) is 0. The first-order valence-electron chi connectivity index (χ1n) is 5.86. The maximum Gasteiger partial charge on any atom is 0.0888 e. The topological polar surface area (TPSA) is 24.7 Å². The molecule has 2 rings (SSSR count). The summed E-state index contributed by atoms with van der Waals surface area (Å²) in [4.78, 5) is 0. The summed E-state index contributed by atoms with van der Waals surface area (Å²) >= 11 is 0. The van der Waals surface area contributed by atoms with Crippen molar-refractivity contribution in [3.05, 3.63) is 59.7 Å². The summed E-state index contributed by atoms with van der Waals surface area (Å²) in [5.41, 5.74) is 4.38. The van der Waals surface area contributed by atoms with Crippen LogP contribution in [0.4, 0.5) is 11.4 Å². The molecule has 0 aliphatic carbocycles. The Morgan fingerprint density at radius 3 is 2.35 bits per heavy atom. The highest BCUT2D eigenvalue weighted by molar-refractivity contribution is 5.49. The summed E-state index contributed by atoms with van der Waals surface area (Å²) in [6, 6.07) is 16.0. The largest absolute Gasteiger partial charge is 0.151 e. The number of hydrogen-bond acceptors (Lipinski definition) is 2. The summed E-state index contributed by atoms with van der Waals surface area (Å²) in [6.07, 6.45) is 1.03. The van der Waals surface area contributed by atoms with Gasteiger partial charge in [-0.2, -0.15) is 10.2 Å². The lowest BCUT2D eigenvalue weighted by Crippen LogP contribution is -1.85. The van der Waals surface area contributed by atoms with Gasteiger partial charge in [0.15, 0.2) is 0 Å². The minimum absolute atomic E-state index is 0.883. The van der Waals surface area contributed by atoms with Gasteiger partial charge in [0.05, 0.1) is 11.4 Å². The minimum Gasteiger partial charge on any atom is -0.151 e. The molecule has 0 fully saturated rings. The van der Waals surface area contributed by atoms with E-state index >= 15 is 0 Å². The summed E-state index contributed by atoms with van der Waals surface area (Å²) < 4.78 is 0. The predicted octanol–water partition coefficient (Wildman–Crippen LogP) is 4.97. The van der Waals surface area contributed by atoms with Crippen LogP contribution in [0.3, 0.4) is 0 Å². The molecule has 0 aliphatic rings. The number of azo groups is 1. The molecule has 0 atom stereocenters. The van der Waals surface area contributed by atoms with Gasteiger partial charge < -0.3 is 0 Å². The molecule has 0 saturated carbocycles. The van der Waals surface area contributed by atoms with Gasteiger partial charge in [-0.15, -0.1) is 0 Å². The van der Waals surface area contributed by atoms with Crippen molar-refractivity contribution in [2.45, 2.75) is 20.3 Å².